The number of hydrogen-bond donors (Lipinski definition) is 1. The van der Waals surface area contributed by atoms with Gasteiger partial charge in [0.25, 0.3) is 5.91 Å². The highest BCUT2D eigenvalue weighted by Gasteiger charge is 2.33. The number of amides is 1. The molecule has 0 radical (unpaired) electrons. The highest BCUT2D eigenvalue weighted by atomic mass is 19.4. The number of alkyl halides is 3. The Morgan fingerprint density at radius 2 is 1.11 bits per heavy atom. The Labute approximate surface area is 264 Å². The third kappa shape index (κ3) is 7.96. The summed E-state index contributed by atoms with van der Waals surface area (Å²) in [7, 11) is 3.33. The summed E-state index contributed by atoms with van der Waals surface area (Å²) >= 11 is 0. The van der Waals surface area contributed by atoms with Crippen molar-refractivity contribution in [2.45, 2.75) is 85.2 Å². The van der Waals surface area contributed by atoms with Crippen LogP contribution < -0.4 is 14.8 Å². The number of nitrogens with one attached hydrogen (secondary N) is 1. The summed E-state index contributed by atoms with van der Waals surface area (Å²) in [6.45, 7) is 16.7. The van der Waals surface area contributed by atoms with Gasteiger partial charge in [-0.3, -0.25) is 9.59 Å². The molecule has 1 aliphatic rings. The summed E-state index contributed by atoms with van der Waals surface area (Å²) in [6, 6.07) is 11.1. The van der Waals surface area contributed by atoms with Gasteiger partial charge in [-0.25, -0.2) is 0 Å². The summed E-state index contributed by atoms with van der Waals surface area (Å²) in [5.41, 5.74) is 6.02. The minimum absolute atomic E-state index is 0.178. The van der Waals surface area contributed by atoms with E-state index in [4.69, 9.17) is 9.47 Å². The third-order valence-electron chi connectivity index (χ3n) is 7.81. The lowest BCUT2D eigenvalue weighted by atomic mass is 9.90. The number of fused-ring (bicyclic) bond motifs is 1. The van der Waals surface area contributed by atoms with E-state index in [0.717, 1.165) is 63.3 Å². The van der Waals surface area contributed by atoms with Crippen LogP contribution in [0.4, 0.5) is 18.9 Å². The SMILES string of the molecule is COc1c(C(C)C)cc(C=C2C(=O)Nc3cc(C(F)(F)F)ccc32)cc1C(C)C.COc1c(C(C)C)cc(C=O)cc1C(C)C. The molecule has 1 amide bonds. The van der Waals surface area contributed by atoms with Gasteiger partial charge in [-0.15, -0.1) is 0 Å². The molecular weight excluding hydrogens is 579 g/mol. The molecule has 0 aliphatic carbocycles. The number of benzene rings is 3. The van der Waals surface area contributed by atoms with Crippen LogP contribution in [0.25, 0.3) is 11.6 Å². The van der Waals surface area contributed by atoms with Crippen molar-refractivity contribution in [3.63, 3.8) is 0 Å². The summed E-state index contributed by atoms with van der Waals surface area (Å²) in [5.74, 6) is 2.48. The normalized spacial score (nSPS) is 13.7. The number of carbonyl (C=O) groups is 2. The number of halogens is 3. The maximum atomic E-state index is 13.0. The fourth-order valence-corrected chi connectivity index (χ4v) is 5.42. The molecule has 242 valence electrons. The van der Waals surface area contributed by atoms with Crippen molar-refractivity contribution in [1.82, 2.24) is 0 Å². The summed E-state index contributed by atoms with van der Waals surface area (Å²) < 4.78 is 50.0. The molecule has 0 spiro atoms. The van der Waals surface area contributed by atoms with Crippen molar-refractivity contribution in [3.8, 4) is 11.5 Å². The van der Waals surface area contributed by atoms with Crippen LogP contribution in [0.2, 0.25) is 0 Å². The molecule has 3 aromatic rings. The number of aldehydes is 1. The molecular formula is C37H44F3NO4. The molecule has 0 aromatic heterocycles. The lowest BCUT2D eigenvalue weighted by Crippen LogP contribution is -2.06. The van der Waals surface area contributed by atoms with Crippen molar-refractivity contribution in [1.29, 1.82) is 0 Å². The Balaban J connectivity index is 0.000000292. The second kappa shape index (κ2) is 14.4. The lowest BCUT2D eigenvalue weighted by molar-refractivity contribution is -0.137. The average molecular weight is 624 g/mol. The van der Waals surface area contributed by atoms with E-state index < -0.39 is 17.6 Å². The van der Waals surface area contributed by atoms with Crippen molar-refractivity contribution in [2.24, 2.45) is 0 Å². The van der Waals surface area contributed by atoms with Gasteiger partial charge in [0, 0.05) is 22.4 Å². The van der Waals surface area contributed by atoms with Gasteiger partial charge in [0.05, 0.1) is 19.8 Å². The number of hydrogen-bond acceptors (Lipinski definition) is 4. The monoisotopic (exact) mass is 623 g/mol. The first-order valence-corrected chi connectivity index (χ1v) is 15.2. The van der Waals surface area contributed by atoms with E-state index in [9.17, 15) is 22.8 Å². The summed E-state index contributed by atoms with van der Waals surface area (Å²) in [6.07, 6.45) is -1.83. The zero-order valence-electron chi connectivity index (χ0n) is 27.8. The van der Waals surface area contributed by atoms with Gasteiger partial charge >= 0.3 is 6.18 Å². The van der Waals surface area contributed by atoms with E-state index in [1.54, 1.807) is 20.3 Å². The fraction of sp³-hybridized carbons (Fsp3) is 0.405. The van der Waals surface area contributed by atoms with E-state index in [0.29, 0.717) is 23.0 Å². The largest absolute Gasteiger partial charge is 0.496 e. The number of rotatable bonds is 8. The maximum absolute atomic E-state index is 13.0. The van der Waals surface area contributed by atoms with Crippen molar-refractivity contribution < 1.29 is 32.2 Å². The number of carbonyl (C=O) groups excluding carboxylic acids is 2. The molecule has 0 bridgehead atoms. The molecule has 0 atom stereocenters. The molecule has 8 heteroatoms. The predicted octanol–water partition coefficient (Wildman–Crippen LogP) is 10.2. The topological polar surface area (TPSA) is 64.6 Å². The molecule has 0 saturated heterocycles. The smallest absolute Gasteiger partial charge is 0.416 e. The first kappa shape index (κ1) is 35.4. The van der Waals surface area contributed by atoms with Crippen molar-refractivity contribution in [2.75, 3.05) is 19.5 Å². The third-order valence-corrected chi connectivity index (χ3v) is 7.81. The van der Waals surface area contributed by atoms with Crippen LogP contribution in [0.1, 0.15) is 128 Å². The quantitative estimate of drug-likeness (QED) is 0.200. The van der Waals surface area contributed by atoms with Crippen LogP contribution in [-0.4, -0.2) is 26.4 Å². The van der Waals surface area contributed by atoms with Gasteiger partial charge in [0.2, 0.25) is 0 Å². The van der Waals surface area contributed by atoms with Gasteiger partial charge in [-0.05, 0) is 94.0 Å². The first-order valence-electron chi connectivity index (χ1n) is 15.2. The summed E-state index contributed by atoms with van der Waals surface area (Å²) in [4.78, 5) is 23.4. The molecule has 0 unspecified atom stereocenters. The van der Waals surface area contributed by atoms with Crippen molar-refractivity contribution in [3.05, 3.63) is 87.0 Å². The Bertz CT molecular complexity index is 1520. The molecule has 1 aliphatic heterocycles. The molecule has 45 heavy (non-hydrogen) atoms. The number of methoxy groups -OCH3 is 2. The Kier molecular flexibility index (Phi) is 11.3. The minimum atomic E-state index is -4.46. The molecule has 3 aromatic carbocycles. The predicted molar refractivity (Wildman–Crippen MR) is 176 cm³/mol. The van der Waals surface area contributed by atoms with Gasteiger partial charge < -0.3 is 14.8 Å². The van der Waals surface area contributed by atoms with Crippen LogP contribution in [0.5, 0.6) is 11.5 Å². The van der Waals surface area contributed by atoms with Gasteiger partial charge in [0.1, 0.15) is 17.8 Å². The second-order valence-corrected chi connectivity index (χ2v) is 12.5. The number of anilines is 1. The Morgan fingerprint density at radius 1 is 0.689 bits per heavy atom. The van der Waals surface area contributed by atoms with Gasteiger partial charge in [0.15, 0.2) is 0 Å². The van der Waals surface area contributed by atoms with E-state index >= 15 is 0 Å². The van der Waals surface area contributed by atoms with Gasteiger partial charge in [-0.2, -0.15) is 13.2 Å². The molecule has 1 N–H and O–H groups in total. The van der Waals surface area contributed by atoms with E-state index in [2.05, 4.69) is 60.7 Å². The van der Waals surface area contributed by atoms with E-state index in [1.165, 1.54) is 6.07 Å². The highest BCUT2D eigenvalue weighted by molar-refractivity contribution is 6.35. The zero-order valence-corrected chi connectivity index (χ0v) is 27.8. The Hall–Kier alpha value is -4.07. The first-order chi connectivity index (χ1) is 21.0. The van der Waals surface area contributed by atoms with Crippen LogP contribution in [0, 0.1) is 0 Å². The highest BCUT2D eigenvalue weighted by Crippen LogP contribution is 2.41. The van der Waals surface area contributed by atoms with Gasteiger partial charge in [-0.1, -0.05) is 61.5 Å². The number of ether oxygens (including phenoxy) is 2. The average Bonchev–Trinajstić information content (AvgIpc) is 3.29. The van der Waals surface area contributed by atoms with E-state index in [-0.39, 0.29) is 17.5 Å². The molecule has 0 saturated carbocycles. The fourth-order valence-electron chi connectivity index (χ4n) is 5.42. The van der Waals surface area contributed by atoms with Crippen molar-refractivity contribution >= 4 is 29.5 Å². The lowest BCUT2D eigenvalue weighted by Gasteiger charge is -2.19. The molecule has 1 heterocycles. The van der Waals surface area contributed by atoms with Crippen LogP contribution in [-0.2, 0) is 11.0 Å². The second-order valence-electron chi connectivity index (χ2n) is 12.5. The van der Waals surface area contributed by atoms with Crippen LogP contribution >= 0.6 is 0 Å². The molecule has 0 fully saturated rings. The minimum Gasteiger partial charge on any atom is -0.496 e. The molecule has 5 nitrogen and oxygen atoms in total. The molecule has 4 rings (SSSR count). The maximum Gasteiger partial charge on any atom is 0.416 e. The van der Waals surface area contributed by atoms with Crippen LogP contribution in [0.3, 0.4) is 0 Å². The zero-order chi connectivity index (χ0) is 33.8. The summed E-state index contributed by atoms with van der Waals surface area (Å²) in [5, 5.41) is 2.55. The Morgan fingerprint density at radius 3 is 1.47 bits per heavy atom. The van der Waals surface area contributed by atoms with E-state index in [1.807, 2.05) is 24.3 Å². The standard InChI is InChI=1S/C23H24F3NO2.C14H20O2/c1-12(2)17-8-14(9-18(13(3)4)21(17)29-5)10-19-16-7-6-15(23(24,25)26)11-20(16)27-22(19)28;1-9(2)12-6-11(8-15)7-13(10(3)4)14(12)16-5/h6-13H,1-5H3,(H,27,28);6-10H,1-5H3. The van der Waals surface area contributed by atoms with Crippen LogP contribution in [0.15, 0.2) is 42.5 Å².